The molecule has 0 radical (unpaired) electrons. The van der Waals surface area contributed by atoms with Crippen molar-refractivity contribution in [1.29, 1.82) is 0 Å². The Bertz CT molecular complexity index is 547. The van der Waals surface area contributed by atoms with Crippen molar-refractivity contribution in [3.63, 3.8) is 0 Å². The highest BCUT2D eigenvalue weighted by molar-refractivity contribution is 9.10. The van der Waals surface area contributed by atoms with Crippen LogP contribution in [0.4, 0.5) is 0 Å². The minimum atomic E-state index is -0.0354. The van der Waals surface area contributed by atoms with Gasteiger partial charge in [-0.1, -0.05) is 17.7 Å². The van der Waals surface area contributed by atoms with E-state index in [0.717, 1.165) is 33.2 Å². The van der Waals surface area contributed by atoms with Crippen molar-refractivity contribution in [3.05, 3.63) is 46.7 Å². The van der Waals surface area contributed by atoms with Crippen LogP contribution < -0.4 is 11.3 Å². The molecule has 1 atom stereocenters. The van der Waals surface area contributed by atoms with Gasteiger partial charge in [0.1, 0.15) is 11.3 Å². The number of nitrogens with two attached hydrogens (primary N) is 1. The summed E-state index contributed by atoms with van der Waals surface area (Å²) in [6.07, 6.45) is 0.758. The van der Waals surface area contributed by atoms with E-state index in [1.54, 1.807) is 0 Å². The van der Waals surface area contributed by atoms with Gasteiger partial charge in [0.25, 0.3) is 0 Å². The van der Waals surface area contributed by atoms with Gasteiger partial charge in [0.15, 0.2) is 0 Å². The predicted molar refractivity (Wildman–Crippen MR) is 73.4 cm³/mol. The second-order valence-corrected chi connectivity index (χ2v) is 5.04. The van der Waals surface area contributed by atoms with E-state index in [1.807, 2.05) is 31.2 Å². The van der Waals surface area contributed by atoms with Crippen molar-refractivity contribution in [3.8, 4) is 0 Å². The molecule has 3 N–H and O–H groups in total. The summed E-state index contributed by atoms with van der Waals surface area (Å²) in [7, 11) is 0. The normalized spacial score (nSPS) is 12.9. The fourth-order valence-corrected chi connectivity index (χ4v) is 2.27. The van der Waals surface area contributed by atoms with Gasteiger partial charge < -0.3 is 4.42 Å². The molecule has 1 aromatic heterocycles. The zero-order valence-corrected chi connectivity index (χ0v) is 11.3. The maximum absolute atomic E-state index is 5.82. The number of hydrogen-bond acceptors (Lipinski definition) is 3. The minimum Gasteiger partial charge on any atom is -0.458 e. The Balaban J connectivity index is 2.41. The lowest BCUT2D eigenvalue weighted by atomic mass is 10.1. The quantitative estimate of drug-likeness (QED) is 0.514. The maximum atomic E-state index is 5.82. The van der Waals surface area contributed by atoms with Crippen LogP contribution >= 0.6 is 15.9 Å². The van der Waals surface area contributed by atoms with Crippen molar-refractivity contribution in [2.45, 2.75) is 19.4 Å². The molecule has 0 amide bonds. The Kier molecular flexibility index (Phi) is 3.66. The van der Waals surface area contributed by atoms with Crippen molar-refractivity contribution < 1.29 is 4.42 Å². The molecule has 0 saturated heterocycles. The molecule has 2 aromatic rings. The number of para-hydroxylation sites is 1. The van der Waals surface area contributed by atoms with Crippen LogP contribution in [0.3, 0.4) is 0 Å². The first-order valence-electron chi connectivity index (χ1n) is 5.40. The van der Waals surface area contributed by atoms with Crippen LogP contribution in [0.2, 0.25) is 0 Å². The molecule has 4 heteroatoms. The first-order chi connectivity index (χ1) is 8.11. The van der Waals surface area contributed by atoms with E-state index >= 15 is 0 Å². The Morgan fingerprint density at radius 3 is 2.94 bits per heavy atom. The van der Waals surface area contributed by atoms with Gasteiger partial charge in [0.2, 0.25) is 0 Å². The average molecular weight is 295 g/mol. The van der Waals surface area contributed by atoms with Gasteiger partial charge in [-0.05, 0) is 41.4 Å². The Morgan fingerprint density at radius 1 is 1.59 bits per heavy atom. The maximum Gasteiger partial charge on any atom is 0.148 e. The molecule has 1 heterocycles. The topological polar surface area (TPSA) is 51.2 Å². The number of benzene rings is 1. The van der Waals surface area contributed by atoms with Crippen LogP contribution in [0.15, 0.2) is 45.3 Å². The Hall–Kier alpha value is -1.10. The van der Waals surface area contributed by atoms with Crippen molar-refractivity contribution in [1.82, 2.24) is 5.43 Å². The molecule has 90 valence electrons. The van der Waals surface area contributed by atoms with E-state index in [1.165, 1.54) is 0 Å². The van der Waals surface area contributed by atoms with Gasteiger partial charge in [-0.15, -0.1) is 6.58 Å². The lowest BCUT2D eigenvalue weighted by Gasteiger charge is -2.12. The third kappa shape index (κ3) is 2.60. The van der Waals surface area contributed by atoms with E-state index in [-0.39, 0.29) is 6.04 Å². The standard InChI is InChI=1S/C13H15BrN2O/c1-8(2)6-11(16-15)12-7-9-4-3-5-10(14)13(9)17-12/h3-5,7,11,16H,1,6,15H2,2H3. The number of nitrogens with one attached hydrogen (secondary N) is 1. The number of hydrazine groups is 1. The molecule has 3 nitrogen and oxygen atoms in total. The molecular weight excluding hydrogens is 280 g/mol. The summed E-state index contributed by atoms with van der Waals surface area (Å²) in [5.41, 5.74) is 4.67. The molecule has 0 spiro atoms. The molecule has 17 heavy (non-hydrogen) atoms. The zero-order chi connectivity index (χ0) is 12.4. The summed E-state index contributed by atoms with van der Waals surface area (Å²) < 4.78 is 6.77. The highest BCUT2D eigenvalue weighted by Gasteiger charge is 2.15. The van der Waals surface area contributed by atoms with Crippen LogP contribution in [0.1, 0.15) is 25.1 Å². The SMILES string of the molecule is C=C(C)CC(NN)c1cc2cccc(Br)c2o1. The van der Waals surface area contributed by atoms with E-state index in [2.05, 4.69) is 27.9 Å². The second kappa shape index (κ2) is 5.04. The molecular formula is C13H15BrN2O. The molecule has 1 unspecified atom stereocenters. The van der Waals surface area contributed by atoms with Crippen LogP contribution in [0, 0.1) is 0 Å². The molecule has 0 aliphatic rings. The van der Waals surface area contributed by atoms with Crippen LogP contribution in [0.25, 0.3) is 11.0 Å². The highest BCUT2D eigenvalue weighted by atomic mass is 79.9. The monoisotopic (exact) mass is 294 g/mol. The summed E-state index contributed by atoms with van der Waals surface area (Å²) in [6, 6.07) is 7.93. The zero-order valence-electron chi connectivity index (χ0n) is 9.66. The fourth-order valence-electron chi connectivity index (χ4n) is 1.81. The van der Waals surface area contributed by atoms with Gasteiger partial charge in [-0.2, -0.15) is 0 Å². The number of fused-ring (bicyclic) bond motifs is 1. The summed E-state index contributed by atoms with van der Waals surface area (Å²) >= 11 is 3.47. The summed E-state index contributed by atoms with van der Waals surface area (Å²) in [6.45, 7) is 5.87. The first kappa shape index (κ1) is 12.4. The van der Waals surface area contributed by atoms with Gasteiger partial charge in [0, 0.05) is 5.39 Å². The number of hydrogen-bond donors (Lipinski definition) is 2. The Morgan fingerprint density at radius 2 is 2.35 bits per heavy atom. The summed E-state index contributed by atoms with van der Waals surface area (Å²) in [4.78, 5) is 0. The van der Waals surface area contributed by atoms with Gasteiger partial charge >= 0.3 is 0 Å². The van der Waals surface area contributed by atoms with Crippen LogP contribution in [-0.4, -0.2) is 0 Å². The Labute approximate surface area is 109 Å². The highest BCUT2D eigenvalue weighted by Crippen LogP contribution is 2.31. The summed E-state index contributed by atoms with van der Waals surface area (Å²) in [5.74, 6) is 6.38. The molecule has 1 aromatic carbocycles. The molecule has 2 rings (SSSR count). The second-order valence-electron chi connectivity index (χ2n) is 4.19. The van der Waals surface area contributed by atoms with Crippen molar-refractivity contribution in [2.24, 2.45) is 5.84 Å². The van der Waals surface area contributed by atoms with E-state index in [9.17, 15) is 0 Å². The van der Waals surface area contributed by atoms with Crippen LogP contribution in [-0.2, 0) is 0 Å². The third-order valence-electron chi connectivity index (χ3n) is 2.61. The predicted octanol–water partition coefficient (Wildman–Crippen LogP) is 3.67. The van der Waals surface area contributed by atoms with E-state index < -0.39 is 0 Å². The first-order valence-corrected chi connectivity index (χ1v) is 6.19. The largest absolute Gasteiger partial charge is 0.458 e. The fraction of sp³-hybridized carbons (Fsp3) is 0.231. The number of rotatable bonds is 4. The lowest BCUT2D eigenvalue weighted by molar-refractivity contribution is 0.433. The van der Waals surface area contributed by atoms with Gasteiger partial charge in [-0.25, -0.2) is 5.43 Å². The van der Waals surface area contributed by atoms with Gasteiger partial charge in [0.05, 0.1) is 10.5 Å². The number of halogens is 1. The van der Waals surface area contributed by atoms with Gasteiger partial charge in [-0.3, -0.25) is 5.84 Å². The molecule has 0 aliphatic carbocycles. The van der Waals surface area contributed by atoms with E-state index in [0.29, 0.717) is 0 Å². The molecule has 0 bridgehead atoms. The van der Waals surface area contributed by atoms with Crippen molar-refractivity contribution >= 4 is 26.9 Å². The molecule has 0 saturated carbocycles. The van der Waals surface area contributed by atoms with Crippen molar-refractivity contribution in [2.75, 3.05) is 0 Å². The molecule has 0 fully saturated rings. The smallest absolute Gasteiger partial charge is 0.148 e. The lowest BCUT2D eigenvalue weighted by Crippen LogP contribution is -2.27. The third-order valence-corrected chi connectivity index (χ3v) is 3.24. The minimum absolute atomic E-state index is 0.0354. The number of furan rings is 1. The van der Waals surface area contributed by atoms with Crippen LogP contribution in [0.5, 0.6) is 0 Å². The average Bonchev–Trinajstić information content (AvgIpc) is 2.70. The van der Waals surface area contributed by atoms with E-state index in [4.69, 9.17) is 10.3 Å². The molecule has 0 aliphatic heterocycles. The summed E-state index contributed by atoms with van der Waals surface area (Å²) in [5, 5.41) is 1.07.